The van der Waals surface area contributed by atoms with E-state index in [4.69, 9.17) is 5.73 Å². The lowest BCUT2D eigenvalue weighted by Crippen LogP contribution is -2.54. The maximum absolute atomic E-state index is 12.9. The van der Waals surface area contributed by atoms with Crippen LogP contribution in [0.3, 0.4) is 0 Å². The van der Waals surface area contributed by atoms with E-state index in [0.29, 0.717) is 5.39 Å². The molecule has 0 aliphatic rings. The van der Waals surface area contributed by atoms with Gasteiger partial charge in [0.1, 0.15) is 0 Å². The Labute approximate surface area is 135 Å². The van der Waals surface area contributed by atoms with Crippen molar-refractivity contribution in [2.24, 2.45) is 5.73 Å². The lowest BCUT2D eigenvalue weighted by Gasteiger charge is -2.24. The van der Waals surface area contributed by atoms with Gasteiger partial charge in [-0.25, -0.2) is 13.2 Å². The summed E-state index contributed by atoms with van der Waals surface area (Å²) in [6.07, 6.45) is -0.228. The van der Waals surface area contributed by atoms with Crippen molar-refractivity contribution in [1.82, 2.24) is 0 Å². The second-order valence-corrected chi connectivity index (χ2v) is 7.75. The Kier molecular flexibility index (Phi) is 4.37. The van der Waals surface area contributed by atoms with Crippen LogP contribution in [-0.2, 0) is 14.6 Å². The van der Waals surface area contributed by atoms with Crippen LogP contribution in [0.2, 0.25) is 0 Å². The molecule has 23 heavy (non-hydrogen) atoms. The van der Waals surface area contributed by atoms with Gasteiger partial charge in [0.05, 0.1) is 4.90 Å². The topological polar surface area (TPSA) is 101 Å². The van der Waals surface area contributed by atoms with Gasteiger partial charge in [-0.3, -0.25) is 0 Å². The fourth-order valence-corrected chi connectivity index (χ4v) is 4.27. The highest BCUT2D eigenvalue weighted by molar-refractivity contribution is 7.93. The molecular weight excluding hydrogens is 316 g/mol. The summed E-state index contributed by atoms with van der Waals surface area (Å²) in [5, 5.41) is 10.5. The Morgan fingerprint density at radius 3 is 2.26 bits per heavy atom. The maximum atomic E-state index is 12.9. The fourth-order valence-electron chi connectivity index (χ4n) is 2.54. The number of anilines is 1. The van der Waals surface area contributed by atoms with E-state index in [9.17, 15) is 18.3 Å². The molecule has 2 rings (SSSR count). The van der Waals surface area contributed by atoms with Gasteiger partial charge in [-0.2, -0.15) is 0 Å². The molecule has 1 atom stereocenters. The van der Waals surface area contributed by atoms with Gasteiger partial charge in [-0.15, -0.1) is 0 Å². The van der Waals surface area contributed by atoms with Gasteiger partial charge in [0.15, 0.2) is 0 Å². The number of rotatable bonds is 5. The highest BCUT2D eigenvalue weighted by Crippen LogP contribution is 2.34. The van der Waals surface area contributed by atoms with Crippen molar-refractivity contribution in [2.45, 2.75) is 23.1 Å². The van der Waals surface area contributed by atoms with Crippen molar-refractivity contribution in [3.8, 4) is 0 Å². The molecule has 3 N–H and O–H groups in total. The molecule has 7 heteroatoms. The first-order valence-electron chi connectivity index (χ1n) is 7.12. The van der Waals surface area contributed by atoms with E-state index in [2.05, 4.69) is 0 Å². The predicted molar refractivity (Wildman–Crippen MR) is 90.3 cm³/mol. The highest BCUT2D eigenvalue weighted by atomic mass is 32.2. The quantitative estimate of drug-likeness (QED) is 0.864. The van der Waals surface area contributed by atoms with Crippen LogP contribution in [0.15, 0.2) is 41.3 Å². The third kappa shape index (κ3) is 2.55. The smallest absolute Gasteiger partial charge is 0.339 e. The summed E-state index contributed by atoms with van der Waals surface area (Å²) in [6.45, 7) is 1.45. The minimum absolute atomic E-state index is 0.0644. The van der Waals surface area contributed by atoms with Crippen LogP contribution in [-0.4, -0.2) is 38.5 Å². The van der Waals surface area contributed by atoms with Crippen molar-refractivity contribution in [3.63, 3.8) is 0 Å². The van der Waals surface area contributed by atoms with Crippen LogP contribution in [0.4, 0.5) is 5.69 Å². The normalized spacial score (nSPS) is 14.4. The lowest BCUT2D eigenvalue weighted by atomic mass is 10.1. The van der Waals surface area contributed by atoms with E-state index in [0.717, 1.165) is 11.1 Å². The van der Waals surface area contributed by atoms with Crippen molar-refractivity contribution >= 4 is 32.3 Å². The number of hydrogen-bond donors (Lipinski definition) is 2. The van der Waals surface area contributed by atoms with Crippen LogP contribution in [0.5, 0.6) is 0 Å². The minimum atomic E-state index is -4.26. The number of sulfone groups is 1. The molecule has 0 bridgehead atoms. The van der Waals surface area contributed by atoms with E-state index < -0.39 is 20.7 Å². The first kappa shape index (κ1) is 17.2. The maximum Gasteiger partial charge on any atom is 0.339 e. The molecule has 0 aliphatic heterocycles. The number of carbonyl (C=O) groups is 1. The van der Waals surface area contributed by atoms with Gasteiger partial charge in [-0.05, 0) is 18.6 Å². The van der Waals surface area contributed by atoms with Crippen LogP contribution >= 0.6 is 0 Å². The van der Waals surface area contributed by atoms with Crippen LogP contribution < -0.4 is 10.6 Å². The largest absolute Gasteiger partial charge is 0.479 e. The zero-order valence-electron chi connectivity index (χ0n) is 13.3. The van der Waals surface area contributed by atoms with Gasteiger partial charge < -0.3 is 15.7 Å². The number of fused-ring (bicyclic) bond motifs is 1. The van der Waals surface area contributed by atoms with Crippen molar-refractivity contribution < 1.29 is 18.3 Å². The van der Waals surface area contributed by atoms with E-state index in [1.165, 1.54) is 13.0 Å². The first-order valence-corrected chi connectivity index (χ1v) is 8.61. The number of aliphatic carboxylic acids is 1. The number of nitrogens with zero attached hydrogens (tertiary/aromatic N) is 1. The second kappa shape index (κ2) is 5.82. The van der Waals surface area contributed by atoms with E-state index in [-0.39, 0.29) is 11.3 Å². The predicted octanol–water partition coefficient (Wildman–Crippen LogP) is 1.83. The SMILES string of the molecule is CCC(N)(C(=O)O)S(=O)(=O)c1cccc2c(N(C)C)cccc12. The molecule has 0 spiro atoms. The number of hydrogen-bond acceptors (Lipinski definition) is 5. The van der Waals surface area contributed by atoms with Gasteiger partial charge in [-0.1, -0.05) is 31.2 Å². The monoisotopic (exact) mass is 336 g/mol. The molecule has 0 fully saturated rings. The molecule has 2 aromatic rings. The Balaban J connectivity index is 2.84. The average molecular weight is 336 g/mol. The highest BCUT2D eigenvalue weighted by Gasteiger charge is 2.47. The molecular formula is C16H20N2O4S. The fraction of sp³-hybridized carbons (Fsp3) is 0.312. The number of carboxylic acids is 1. The summed E-state index contributed by atoms with van der Waals surface area (Å²) >= 11 is 0. The Bertz CT molecular complexity index is 862. The summed E-state index contributed by atoms with van der Waals surface area (Å²) < 4.78 is 25.8. The average Bonchev–Trinajstić information content (AvgIpc) is 2.52. The molecule has 0 aliphatic carbocycles. The molecule has 124 valence electrons. The van der Waals surface area contributed by atoms with Crippen molar-refractivity contribution in [2.75, 3.05) is 19.0 Å². The number of carboxylic acid groups (broad SMARTS) is 1. The molecule has 0 saturated heterocycles. The van der Waals surface area contributed by atoms with E-state index >= 15 is 0 Å². The minimum Gasteiger partial charge on any atom is -0.479 e. The number of nitrogens with two attached hydrogens (primary N) is 1. The molecule has 1 unspecified atom stereocenters. The zero-order chi connectivity index (χ0) is 17.4. The standard InChI is InChI=1S/C16H20N2O4S/c1-4-16(17,15(19)20)23(21,22)14-10-6-7-11-12(14)8-5-9-13(11)18(2)3/h5-10H,4,17H2,1-3H3,(H,19,20). The Hall–Kier alpha value is -2.12. The summed E-state index contributed by atoms with van der Waals surface area (Å²) in [7, 11) is -0.552. The van der Waals surface area contributed by atoms with Gasteiger partial charge in [0.25, 0.3) is 0 Å². The van der Waals surface area contributed by atoms with Crippen molar-refractivity contribution in [1.29, 1.82) is 0 Å². The Morgan fingerprint density at radius 2 is 1.74 bits per heavy atom. The molecule has 0 radical (unpaired) electrons. The molecule has 6 nitrogen and oxygen atoms in total. The van der Waals surface area contributed by atoms with Gasteiger partial charge in [0, 0.05) is 30.6 Å². The van der Waals surface area contributed by atoms with Crippen LogP contribution in [0.1, 0.15) is 13.3 Å². The zero-order valence-corrected chi connectivity index (χ0v) is 14.1. The van der Waals surface area contributed by atoms with Gasteiger partial charge >= 0.3 is 5.97 Å². The lowest BCUT2D eigenvalue weighted by molar-refractivity contribution is -0.140. The van der Waals surface area contributed by atoms with E-state index in [1.807, 2.05) is 25.1 Å². The second-order valence-electron chi connectivity index (χ2n) is 5.57. The molecule has 0 aromatic heterocycles. The summed E-state index contributed by atoms with van der Waals surface area (Å²) in [6, 6.07) is 10.1. The molecule has 0 saturated carbocycles. The molecule has 0 amide bonds. The summed E-state index contributed by atoms with van der Waals surface area (Å²) in [5.74, 6) is -1.55. The summed E-state index contributed by atoms with van der Waals surface area (Å²) in [5.41, 5.74) is 6.58. The number of benzene rings is 2. The van der Waals surface area contributed by atoms with Crippen LogP contribution in [0.25, 0.3) is 10.8 Å². The summed E-state index contributed by atoms with van der Waals surface area (Å²) in [4.78, 5) is 10.9. The third-order valence-corrected chi connectivity index (χ3v) is 6.35. The van der Waals surface area contributed by atoms with Crippen LogP contribution in [0, 0.1) is 0 Å². The van der Waals surface area contributed by atoms with Crippen molar-refractivity contribution in [3.05, 3.63) is 36.4 Å². The molecule has 2 aromatic carbocycles. The third-order valence-electron chi connectivity index (χ3n) is 4.00. The Morgan fingerprint density at radius 1 is 1.17 bits per heavy atom. The first-order chi connectivity index (χ1) is 10.7. The van der Waals surface area contributed by atoms with E-state index in [1.54, 1.807) is 24.3 Å². The van der Waals surface area contributed by atoms with Gasteiger partial charge in [0.2, 0.25) is 14.7 Å². The molecule has 0 heterocycles.